The van der Waals surface area contributed by atoms with E-state index in [2.05, 4.69) is 31.3 Å². The Morgan fingerprint density at radius 1 is 1.26 bits per heavy atom. The fraction of sp³-hybridized carbons (Fsp3) is 0.632. The summed E-state index contributed by atoms with van der Waals surface area (Å²) < 4.78 is 11.9. The van der Waals surface area contributed by atoms with Gasteiger partial charge < -0.3 is 14.8 Å². The number of ether oxygens (including phenoxy) is 2. The summed E-state index contributed by atoms with van der Waals surface area (Å²) in [7, 11) is 0. The Hall–Kier alpha value is -1.55. The minimum absolute atomic E-state index is 0.0326. The molecule has 3 atom stereocenters. The molecule has 1 aromatic carbocycles. The molecule has 0 unspecified atom stereocenters. The lowest BCUT2D eigenvalue weighted by molar-refractivity contribution is -0.122. The van der Waals surface area contributed by atoms with Gasteiger partial charge in [0.2, 0.25) is 5.91 Å². The highest BCUT2D eigenvalue weighted by Gasteiger charge is 2.29. The molecule has 1 aliphatic rings. The van der Waals surface area contributed by atoms with Gasteiger partial charge in [-0.05, 0) is 43.4 Å². The van der Waals surface area contributed by atoms with Crippen molar-refractivity contribution in [1.29, 1.82) is 0 Å². The van der Waals surface area contributed by atoms with E-state index in [0.717, 1.165) is 50.0 Å². The third-order valence-electron chi connectivity index (χ3n) is 4.28. The lowest BCUT2D eigenvalue weighted by Gasteiger charge is -2.35. The molecule has 128 valence electrons. The highest BCUT2D eigenvalue weighted by molar-refractivity contribution is 5.73. The Morgan fingerprint density at radius 2 is 2.00 bits per heavy atom. The molecule has 0 aliphatic carbocycles. The standard InChI is InChI=1S/C19H29NO3/c1-4-6-11-22-18-9-7-15(8-10-18)19-13-16(20-14(3)21)12-17(5-2)23-19/h7-10,16-17,19H,4-6,11-13H2,1-3H3,(H,20,21)/t16-,17+,19+/m0/s1. The summed E-state index contributed by atoms with van der Waals surface area (Å²) in [4.78, 5) is 11.4. The number of nitrogens with one attached hydrogen (secondary N) is 1. The van der Waals surface area contributed by atoms with Gasteiger partial charge in [-0.2, -0.15) is 0 Å². The van der Waals surface area contributed by atoms with Crippen molar-refractivity contribution in [2.45, 2.75) is 71.1 Å². The minimum Gasteiger partial charge on any atom is -0.494 e. The predicted octanol–water partition coefficient (Wildman–Crippen LogP) is 4.00. The van der Waals surface area contributed by atoms with E-state index in [-0.39, 0.29) is 24.2 Å². The summed E-state index contributed by atoms with van der Waals surface area (Å²) in [6, 6.07) is 8.37. The molecule has 1 aliphatic heterocycles. The van der Waals surface area contributed by atoms with Crippen LogP contribution in [0.25, 0.3) is 0 Å². The van der Waals surface area contributed by atoms with E-state index in [1.54, 1.807) is 6.92 Å². The van der Waals surface area contributed by atoms with Crippen LogP contribution < -0.4 is 10.1 Å². The first-order valence-corrected chi connectivity index (χ1v) is 8.77. The Bertz CT molecular complexity index is 486. The molecule has 2 rings (SSSR count). The third kappa shape index (κ3) is 5.54. The molecule has 1 heterocycles. The summed E-state index contributed by atoms with van der Waals surface area (Å²) in [5.41, 5.74) is 1.15. The van der Waals surface area contributed by atoms with Crippen LogP contribution in [0.3, 0.4) is 0 Å². The van der Waals surface area contributed by atoms with Crippen molar-refractivity contribution in [3.05, 3.63) is 29.8 Å². The largest absolute Gasteiger partial charge is 0.494 e. The normalized spacial score (nSPS) is 24.2. The lowest BCUT2D eigenvalue weighted by Crippen LogP contribution is -2.42. The summed E-state index contributed by atoms with van der Waals surface area (Å²) in [6.07, 6.45) is 5.13. The molecule has 0 bridgehead atoms. The molecule has 4 nitrogen and oxygen atoms in total. The number of amides is 1. The second-order valence-corrected chi connectivity index (χ2v) is 6.29. The fourth-order valence-electron chi connectivity index (χ4n) is 3.01. The van der Waals surface area contributed by atoms with E-state index in [1.807, 2.05) is 12.1 Å². The van der Waals surface area contributed by atoms with Gasteiger partial charge >= 0.3 is 0 Å². The smallest absolute Gasteiger partial charge is 0.217 e. The van der Waals surface area contributed by atoms with Crippen LogP contribution in [0.2, 0.25) is 0 Å². The van der Waals surface area contributed by atoms with Crippen molar-refractivity contribution in [2.75, 3.05) is 6.61 Å². The zero-order valence-corrected chi connectivity index (χ0v) is 14.5. The Morgan fingerprint density at radius 3 is 2.61 bits per heavy atom. The third-order valence-corrected chi connectivity index (χ3v) is 4.28. The molecule has 0 aromatic heterocycles. The SMILES string of the molecule is CCCCOc1ccc([C@H]2C[C@@H](NC(C)=O)C[C@@H](CC)O2)cc1. The Kier molecular flexibility index (Phi) is 6.90. The summed E-state index contributed by atoms with van der Waals surface area (Å²) in [5.74, 6) is 0.939. The quantitative estimate of drug-likeness (QED) is 0.773. The number of benzene rings is 1. The van der Waals surface area contributed by atoms with Crippen LogP contribution in [0.4, 0.5) is 0 Å². The highest BCUT2D eigenvalue weighted by atomic mass is 16.5. The van der Waals surface area contributed by atoms with E-state index >= 15 is 0 Å². The molecular weight excluding hydrogens is 290 g/mol. The van der Waals surface area contributed by atoms with E-state index in [0.29, 0.717) is 0 Å². The predicted molar refractivity (Wildman–Crippen MR) is 91.6 cm³/mol. The van der Waals surface area contributed by atoms with E-state index in [4.69, 9.17) is 9.47 Å². The zero-order chi connectivity index (χ0) is 16.7. The fourth-order valence-corrected chi connectivity index (χ4v) is 3.01. The highest BCUT2D eigenvalue weighted by Crippen LogP contribution is 2.33. The van der Waals surface area contributed by atoms with Gasteiger partial charge in [-0.1, -0.05) is 32.4 Å². The van der Waals surface area contributed by atoms with Crippen LogP contribution in [0, 0.1) is 0 Å². The lowest BCUT2D eigenvalue weighted by atomic mass is 9.93. The van der Waals surface area contributed by atoms with Crippen LogP contribution in [0.5, 0.6) is 5.75 Å². The second kappa shape index (κ2) is 8.92. The van der Waals surface area contributed by atoms with Gasteiger partial charge in [0.1, 0.15) is 5.75 Å². The summed E-state index contributed by atoms with van der Waals surface area (Å²) in [6.45, 7) is 6.62. The maximum atomic E-state index is 11.4. The number of hydrogen-bond donors (Lipinski definition) is 1. The Labute approximate surface area is 139 Å². The van der Waals surface area contributed by atoms with E-state index in [9.17, 15) is 4.79 Å². The first-order valence-electron chi connectivity index (χ1n) is 8.77. The van der Waals surface area contributed by atoms with Gasteiger partial charge in [0.15, 0.2) is 0 Å². The number of carbonyl (C=O) groups is 1. The van der Waals surface area contributed by atoms with Gasteiger partial charge in [-0.3, -0.25) is 4.79 Å². The summed E-state index contributed by atoms with van der Waals surface area (Å²) in [5, 5.41) is 3.05. The topological polar surface area (TPSA) is 47.6 Å². The average molecular weight is 319 g/mol. The Balaban J connectivity index is 1.99. The maximum absolute atomic E-state index is 11.4. The van der Waals surface area contributed by atoms with Gasteiger partial charge in [0.05, 0.1) is 18.8 Å². The molecule has 23 heavy (non-hydrogen) atoms. The molecular formula is C19H29NO3. The molecule has 1 amide bonds. The van der Waals surface area contributed by atoms with E-state index in [1.165, 1.54) is 0 Å². The molecule has 1 N–H and O–H groups in total. The number of carbonyl (C=O) groups excluding carboxylic acids is 1. The van der Waals surface area contributed by atoms with Gasteiger partial charge in [-0.25, -0.2) is 0 Å². The molecule has 1 fully saturated rings. The van der Waals surface area contributed by atoms with Gasteiger partial charge in [0, 0.05) is 13.0 Å². The first-order chi connectivity index (χ1) is 11.1. The molecule has 1 aromatic rings. The molecule has 0 spiro atoms. The second-order valence-electron chi connectivity index (χ2n) is 6.29. The zero-order valence-electron chi connectivity index (χ0n) is 14.5. The van der Waals surface area contributed by atoms with Crippen LogP contribution in [0.1, 0.15) is 64.5 Å². The maximum Gasteiger partial charge on any atom is 0.217 e. The molecule has 4 heteroatoms. The van der Waals surface area contributed by atoms with Crippen LogP contribution in [0.15, 0.2) is 24.3 Å². The van der Waals surface area contributed by atoms with Crippen LogP contribution >= 0.6 is 0 Å². The molecule has 0 radical (unpaired) electrons. The van der Waals surface area contributed by atoms with Crippen LogP contribution in [-0.4, -0.2) is 24.7 Å². The average Bonchev–Trinajstić information content (AvgIpc) is 2.55. The minimum atomic E-state index is 0.0326. The molecule has 1 saturated heterocycles. The van der Waals surface area contributed by atoms with Crippen molar-refractivity contribution >= 4 is 5.91 Å². The number of hydrogen-bond acceptors (Lipinski definition) is 3. The number of rotatable bonds is 7. The van der Waals surface area contributed by atoms with E-state index < -0.39 is 0 Å². The van der Waals surface area contributed by atoms with Crippen molar-refractivity contribution in [3.8, 4) is 5.75 Å². The van der Waals surface area contributed by atoms with Gasteiger partial charge in [0.25, 0.3) is 0 Å². The first kappa shape index (κ1) is 17.8. The van der Waals surface area contributed by atoms with Crippen molar-refractivity contribution in [3.63, 3.8) is 0 Å². The number of unbranched alkanes of at least 4 members (excludes halogenated alkanes) is 1. The van der Waals surface area contributed by atoms with Crippen molar-refractivity contribution < 1.29 is 14.3 Å². The van der Waals surface area contributed by atoms with Gasteiger partial charge in [-0.15, -0.1) is 0 Å². The van der Waals surface area contributed by atoms with Crippen LogP contribution in [-0.2, 0) is 9.53 Å². The van der Waals surface area contributed by atoms with Crippen molar-refractivity contribution in [2.24, 2.45) is 0 Å². The summed E-state index contributed by atoms with van der Waals surface area (Å²) >= 11 is 0. The molecule has 0 saturated carbocycles. The monoisotopic (exact) mass is 319 g/mol. The van der Waals surface area contributed by atoms with Crippen molar-refractivity contribution in [1.82, 2.24) is 5.32 Å².